The van der Waals surface area contributed by atoms with Gasteiger partial charge >= 0.3 is 0 Å². The van der Waals surface area contributed by atoms with E-state index in [1.54, 1.807) is 6.92 Å². The zero-order chi connectivity index (χ0) is 23.7. The first-order valence-electron chi connectivity index (χ1n) is 11.4. The number of nitrogens with zero attached hydrogens (tertiary/aromatic N) is 6. The second-order valence-electron chi connectivity index (χ2n) is 9.07. The van der Waals surface area contributed by atoms with Crippen LogP contribution in [0.2, 0.25) is 0 Å². The third-order valence-electron chi connectivity index (χ3n) is 6.71. The smallest absolute Gasteiger partial charge is 0.161 e. The lowest BCUT2D eigenvalue weighted by Crippen LogP contribution is -2.48. The number of aromatic hydroxyl groups is 1. The van der Waals surface area contributed by atoms with Crippen molar-refractivity contribution in [1.29, 1.82) is 0 Å². The lowest BCUT2D eigenvalue weighted by atomic mass is 9.98. The van der Waals surface area contributed by atoms with Crippen molar-refractivity contribution in [3.8, 4) is 11.4 Å². The fourth-order valence-electron chi connectivity index (χ4n) is 4.68. The SMILES string of the molecule is CC(=N/C(C)=C(\C)N=C(C)N(C)C1C[C@H]2CC[C@@H](C1)N2)c1ncc(-n2cc(F)cn2)cc1O. The number of halogens is 1. The molecule has 3 atom stereocenters. The fraction of sp³-hybridized carbons (Fsp3) is 0.500. The molecule has 4 rings (SSSR count). The van der Waals surface area contributed by atoms with Crippen molar-refractivity contribution in [2.75, 3.05) is 7.05 Å². The van der Waals surface area contributed by atoms with Crippen LogP contribution in [0.15, 0.2) is 46.0 Å². The maximum atomic E-state index is 13.2. The van der Waals surface area contributed by atoms with Crippen LogP contribution in [-0.4, -0.2) is 61.5 Å². The zero-order valence-electron chi connectivity index (χ0n) is 19.9. The number of nitrogens with one attached hydrogen (secondary N) is 1. The summed E-state index contributed by atoms with van der Waals surface area (Å²) in [5.41, 5.74) is 2.97. The van der Waals surface area contributed by atoms with Crippen LogP contribution < -0.4 is 5.32 Å². The van der Waals surface area contributed by atoms with Crippen molar-refractivity contribution >= 4 is 11.5 Å². The van der Waals surface area contributed by atoms with Crippen LogP contribution in [0.3, 0.4) is 0 Å². The van der Waals surface area contributed by atoms with Crippen LogP contribution in [0.1, 0.15) is 59.1 Å². The van der Waals surface area contributed by atoms with E-state index in [0.717, 1.165) is 36.3 Å². The number of hydrogen-bond donors (Lipinski definition) is 2. The number of pyridine rings is 1. The van der Waals surface area contributed by atoms with Crippen LogP contribution in [-0.2, 0) is 0 Å². The van der Waals surface area contributed by atoms with E-state index in [1.807, 2.05) is 20.8 Å². The van der Waals surface area contributed by atoms with Crippen molar-refractivity contribution in [2.45, 2.75) is 71.5 Å². The minimum atomic E-state index is -0.457. The number of aromatic nitrogens is 3. The van der Waals surface area contributed by atoms with Gasteiger partial charge < -0.3 is 15.3 Å². The summed E-state index contributed by atoms with van der Waals surface area (Å²) in [6.45, 7) is 7.68. The van der Waals surface area contributed by atoms with Crippen LogP contribution >= 0.6 is 0 Å². The third kappa shape index (κ3) is 5.13. The molecule has 2 fully saturated rings. The van der Waals surface area contributed by atoms with Gasteiger partial charge in [-0.15, -0.1) is 0 Å². The molecule has 4 heterocycles. The van der Waals surface area contributed by atoms with Crippen molar-refractivity contribution in [3.63, 3.8) is 0 Å². The number of rotatable bonds is 5. The summed E-state index contributed by atoms with van der Waals surface area (Å²) in [5, 5.41) is 18.0. The van der Waals surface area contributed by atoms with Gasteiger partial charge in [-0.25, -0.2) is 19.0 Å². The normalized spacial score (nSPS) is 24.1. The summed E-state index contributed by atoms with van der Waals surface area (Å²) >= 11 is 0. The van der Waals surface area contributed by atoms with Crippen molar-refractivity contribution in [1.82, 2.24) is 25.0 Å². The molecule has 0 aliphatic carbocycles. The first-order chi connectivity index (χ1) is 15.7. The van der Waals surface area contributed by atoms with Crippen LogP contribution in [0.4, 0.5) is 4.39 Å². The van der Waals surface area contributed by atoms with Gasteiger partial charge in [-0.05, 0) is 53.4 Å². The standard InChI is InChI=1S/C24H32FN7O/c1-14(15(2)29-17(4)31(5)21-8-19-6-7-20(9-21)30-19)28-16(3)24-23(33)10-22(12-26-24)32-13-18(25)11-27-32/h10-13,19-21,30,33H,6-9H2,1-5H3/b15-14+,28-16?,29-17?/t19-,20+,21?. The van der Waals surface area contributed by atoms with Gasteiger partial charge in [0.05, 0.1) is 41.4 Å². The third-order valence-corrected chi connectivity index (χ3v) is 6.71. The number of aliphatic imine (C=N–C) groups is 2. The van der Waals surface area contributed by atoms with Gasteiger partial charge in [0.2, 0.25) is 0 Å². The highest BCUT2D eigenvalue weighted by molar-refractivity contribution is 6.00. The van der Waals surface area contributed by atoms with Gasteiger partial charge in [-0.1, -0.05) is 0 Å². The Morgan fingerprint density at radius 3 is 2.39 bits per heavy atom. The highest BCUT2D eigenvalue weighted by Gasteiger charge is 2.35. The van der Waals surface area contributed by atoms with E-state index >= 15 is 0 Å². The minimum Gasteiger partial charge on any atom is -0.506 e. The lowest BCUT2D eigenvalue weighted by Gasteiger charge is -2.36. The monoisotopic (exact) mass is 453 g/mol. The summed E-state index contributed by atoms with van der Waals surface area (Å²) < 4.78 is 14.5. The van der Waals surface area contributed by atoms with Gasteiger partial charge in [0, 0.05) is 31.2 Å². The van der Waals surface area contributed by atoms with E-state index < -0.39 is 5.82 Å². The summed E-state index contributed by atoms with van der Waals surface area (Å²) in [6.07, 6.45) is 8.71. The molecule has 0 aromatic carbocycles. The van der Waals surface area contributed by atoms with Crippen LogP contribution in [0.25, 0.3) is 5.69 Å². The topological polar surface area (TPSA) is 90.9 Å². The predicted octanol–water partition coefficient (Wildman–Crippen LogP) is 3.81. The molecule has 2 aromatic heterocycles. The van der Waals surface area contributed by atoms with E-state index in [9.17, 15) is 9.50 Å². The van der Waals surface area contributed by atoms with E-state index in [1.165, 1.54) is 36.0 Å². The molecular formula is C24H32FN7O. The summed E-state index contributed by atoms with van der Waals surface area (Å²) in [6, 6.07) is 3.26. The van der Waals surface area contributed by atoms with Crippen molar-refractivity contribution < 1.29 is 9.50 Å². The van der Waals surface area contributed by atoms with Crippen LogP contribution in [0, 0.1) is 5.82 Å². The molecule has 33 heavy (non-hydrogen) atoms. The Hall–Kier alpha value is -3.07. The Labute approximate surface area is 194 Å². The summed E-state index contributed by atoms with van der Waals surface area (Å²) in [4.78, 5) is 16.0. The average molecular weight is 454 g/mol. The molecule has 2 aromatic rings. The molecule has 0 radical (unpaired) electrons. The molecule has 0 spiro atoms. The van der Waals surface area contributed by atoms with E-state index in [2.05, 4.69) is 32.3 Å². The molecule has 2 aliphatic heterocycles. The molecule has 2 N–H and O–H groups in total. The largest absolute Gasteiger partial charge is 0.506 e. The van der Waals surface area contributed by atoms with E-state index in [4.69, 9.17) is 4.99 Å². The number of fused-ring (bicyclic) bond motifs is 2. The Morgan fingerprint density at radius 2 is 1.79 bits per heavy atom. The Balaban J connectivity index is 1.49. The van der Waals surface area contributed by atoms with Crippen molar-refractivity contribution in [3.05, 3.63) is 47.6 Å². The van der Waals surface area contributed by atoms with E-state index in [-0.39, 0.29) is 5.75 Å². The van der Waals surface area contributed by atoms with Gasteiger partial charge in [-0.2, -0.15) is 5.10 Å². The maximum Gasteiger partial charge on any atom is 0.161 e. The molecule has 9 heteroatoms. The number of allylic oxidation sites excluding steroid dienone is 2. The predicted molar refractivity (Wildman–Crippen MR) is 127 cm³/mol. The van der Waals surface area contributed by atoms with Gasteiger partial charge in [-0.3, -0.25) is 4.99 Å². The lowest BCUT2D eigenvalue weighted by molar-refractivity contribution is 0.243. The number of hydrogen-bond acceptors (Lipinski definition) is 6. The fourth-order valence-corrected chi connectivity index (χ4v) is 4.68. The molecule has 176 valence electrons. The molecule has 2 aliphatic rings. The van der Waals surface area contributed by atoms with Crippen LogP contribution in [0.5, 0.6) is 5.75 Å². The molecule has 2 saturated heterocycles. The van der Waals surface area contributed by atoms with Gasteiger partial charge in [0.15, 0.2) is 5.82 Å². The maximum absolute atomic E-state index is 13.2. The zero-order valence-corrected chi connectivity index (χ0v) is 19.9. The molecule has 0 saturated carbocycles. The Bertz CT molecular complexity index is 1110. The minimum absolute atomic E-state index is 0.0462. The molecule has 1 unspecified atom stereocenters. The molecule has 8 nitrogen and oxygen atoms in total. The first kappa shape index (κ1) is 23.1. The Kier molecular flexibility index (Phi) is 6.60. The first-order valence-corrected chi connectivity index (χ1v) is 11.4. The summed E-state index contributed by atoms with van der Waals surface area (Å²) in [5.74, 6) is 0.472. The van der Waals surface area contributed by atoms with Gasteiger partial charge in [0.1, 0.15) is 17.3 Å². The van der Waals surface area contributed by atoms with Gasteiger partial charge in [0.25, 0.3) is 0 Å². The second kappa shape index (κ2) is 9.43. The highest BCUT2D eigenvalue weighted by atomic mass is 19.1. The Morgan fingerprint density at radius 1 is 1.12 bits per heavy atom. The molecule has 0 amide bonds. The van der Waals surface area contributed by atoms with E-state index in [0.29, 0.717) is 35.2 Å². The second-order valence-corrected chi connectivity index (χ2v) is 9.07. The quantitative estimate of drug-likeness (QED) is 0.531. The van der Waals surface area contributed by atoms with Crippen molar-refractivity contribution in [2.24, 2.45) is 9.98 Å². The molecular weight excluding hydrogens is 421 g/mol. The number of piperidine rings is 1. The molecule has 2 bridgehead atoms. The summed E-state index contributed by atoms with van der Waals surface area (Å²) in [7, 11) is 2.13. The average Bonchev–Trinajstić information content (AvgIpc) is 3.37. The highest BCUT2D eigenvalue weighted by Crippen LogP contribution is 2.29. The number of amidine groups is 1.